The topological polar surface area (TPSA) is 75.4 Å². The molecule has 2 rings (SSSR count). The molecule has 1 aromatic heterocycles. The van der Waals surface area contributed by atoms with Gasteiger partial charge in [0, 0.05) is 20.1 Å². The van der Waals surface area contributed by atoms with Gasteiger partial charge in [-0.25, -0.2) is 0 Å². The number of likely N-dealkylation sites (tertiary alicyclic amines) is 1. The number of aliphatic carboxylic acids is 1. The van der Waals surface area contributed by atoms with Crippen molar-refractivity contribution in [3.8, 4) is 0 Å². The number of hydrogen-bond acceptors (Lipinski definition) is 3. The normalized spacial score (nSPS) is 22.9. The molecule has 0 aliphatic carbocycles. The van der Waals surface area contributed by atoms with Crippen molar-refractivity contribution < 1.29 is 14.7 Å². The third kappa shape index (κ3) is 2.42. The first-order valence-corrected chi connectivity index (χ1v) is 6.93. The van der Waals surface area contributed by atoms with E-state index >= 15 is 0 Å². The molecular formula is C14H21N3O3. The second kappa shape index (κ2) is 5.26. The molecule has 20 heavy (non-hydrogen) atoms. The molecule has 1 atom stereocenters. The predicted molar refractivity (Wildman–Crippen MR) is 73.4 cm³/mol. The molecular weight excluding hydrogens is 258 g/mol. The molecule has 0 bridgehead atoms. The van der Waals surface area contributed by atoms with E-state index in [0.29, 0.717) is 25.1 Å². The van der Waals surface area contributed by atoms with E-state index in [1.165, 1.54) is 0 Å². The highest BCUT2D eigenvalue weighted by atomic mass is 16.4. The average molecular weight is 279 g/mol. The fourth-order valence-electron chi connectivity index (χ4n) is 2.89. The van der Waals surface area contributed by atoms with Gasteiger partial charge < -0.3 is 10.0 Å². The van der Waals surface area contributed by atoms with Crippen LogP contribution in [0.1, 0.15) is 42.4 Å². The summed E-state index contributed by atoms with van der Waals surface area (Å²) in [6.45, 7) is 4.59. The Morgan fingerprint density at radius 3 is 2.70 bits per heavy atom. The molecule has 1 aliphatic heterocycles. The number of aromatic nitrogens is 2. The van der Waals surface area contributed by atoms with E-state index in [1.54, 1.807) is 22.7 Å². The largest absolute Gasteiger partial charge is 0.481 e. The van der Waals surface area contributed by atoms with Gasteiger partial charge in [0.2, 0.25) is 0 Å². The maximum Gasteiger partial charge on any atom is 0.311 e. The molecule has 0 aromatic carbocycles. The number of carbonyl (C=O) groups excluding carboxylic acids is 1. The number of piperidine rings is 1. The average Bonchev–Trinajstić information content (AvgIpc) is 2.76. The van der Waals surface area contributed by atoms with E-state index in [4.69, 9.17) is 0 Å². The summed E-state index contributed by atoms with van der Waals surface area (Å²) in [4.78, 5) is 25.7. The summed E-state index contributed by atoms with van der Waals surface area (Å²) in [5, 5.41) is 13.6. The summed E-state index contributed by atoms with van der Waals surface area (Å²) >= 11 is 0. The molecule has 2 heterocycles. The Bertz CT molecular complexity index is 538. The van der Waals surface area contributed by atoms with Gasteiger partial charge in [-0.15, -0.1) is 0 Å². The predicted octanol–water partition coefficient (Wildman–Crippen LogP) is 1.45. The van der Waals surface area contributed by atoms with E-state index in [0.717, 1.165) is 12.1 Å². The van der Waals surface area contributed by atoms with Crippen molar-refractivity contribution in [2.75, 3.05) is 13.1 Å². The van der Waals surface area contributed by atoms with Gasteiger partial charge in [0.25, 0.3) is 5.91 Å². The Morgan fingerprint density at radius 1 is 1.50 bits per heavy atom. The van der Waals surface area contributed by atoms with Crippen LogP contribution in [0.3, 0.4) is 0 Å². The molecule has 6 nitrogen and oxygen atoms in total. The summed E-state index contributed by atoms with van der Waals surface area (Å²) in [7, 11) is 1.73. The Kier molecular flexibility index (Phi) is 3.83. The lowest BCUT2D eigenvalue weighted by atomic mass is 9.77. The van der Waals surface area contributed by atoms with Crippen molar-refractivity contribution >= 4 is 11.9 Å². The van der Waals surface area contributed by atoms with E-state index in [2.05, 4.69) is 5.10 Å². The maximum atomic E-state index is 12.5. The summed E-state index contributed by atoms with van der Waals surface area (Å²) in [5.41, 5.74) is 0.495. The van der Waals surface area contributed by atoms with Gasteiger partial charge in [-0.3, -0.25) is 14.3 Å². The van der Waals surface area contributed by atoms with Gasteiger partial charge in [-0.1, -0.05) is 6.92 Å². The number of carbonyl (C=O) groups is 2. The van der Waals surface area contributed by atoms with E-state index in [9.17, 15) is 14.7 Å². The minimum Gasteiger partial charge on any atom is -0.481 e. The summed E-state index contributed by atoms with van der Waals surface area (Å²) in [5.74, 6) is -0.939. The van der Waals surface area contributed by atoms with Crippen LogP contribution in [0.5, 0.6) is 0 Å². The van der Waals surface area contributed by atoms with Crippen LogP contribution in [0.25, 0.3) is 0 Å². The number of aryl methyl sites for hydroxylation is 2. The number of hydrogen-bond donors (Lipinski definition) is 1. The summed E-state index contributed by atoms with van der Waals surface area (Å²) < 4.78 is 1.56. The summed E-state index contributed by atoms with van der Waals surface area (Å²) in [6.07, 6.45) is 1.90. The first-order chi connectivity index (χ1) is 9.39. The van der Waals surface area contributed by atoms with E-state index in [1.807, 2.05) is 13.8 Å². The Hall–Kier alpha value is -1.85. The molecule has 0 spiro atoms. The van der Waals surface area contributed by atoms with E-state index < -0.39 is 11.4 Å². The second-order valence-electron chi connectivity index (χ2n) is 5.56. The van der Waals surface area contributed by atoms with Crippen molar-refractivity contribution in [3.05, 3.63) is 17.5 Å². The zero-order valence-corrected chi connectivity index (χ0v) is 12.2. The van der Waals surface area contributed by atoms with Crippen LogP contribution in [0.15, 0.2) is 6.07 Å². The number of carboxylic acid groups (broad SMARTS) is 1. The van der Waals surface area contributed by atoms with Crippen LogP contribution in [0, 0.1) is 12.3 Å². The highest BCUT2D eigenvalue weighted by molar-refractivity contribution is 5.93. The van der Waals surface area contributed by atoms with Crippen LogP contribution < -0.4 is 0 Å². The molecule has 6 heteroatoms. The lowest BCUT2D eigenvalue weighted by Gasteiger charge is -2.39. The number of rotatable bonds is 3. The number of amides is 1. The van der Waals surface area contributed by atoms with E-state index in [-0.39, 0.29) is 12.5 Å². The molecule has 1 aliphatic rings. The van der Waals surface area contributed by atoms with Crippen molar-refractivity contribution in [3.63, 3.8) is 0 Å². The summed E-state index contributed by atoms with van der Waals surface area (Å²) in [6, 6.07) is 1.74. The van der Waals surface area contributed by atoms with Crippen molar-refractivity contribution in [2.24, 2.45) is 12.5 Å². The Balaban J connectivity index is 2.23. The fraction of sp³-hybridized carbons (Fsp3) is 0.643. The molecule has 1 aromatic rings. The molecule has 0 radical (unpaired) electrons. The van der Waals surface area contributed by atoms with Crippen LogP contribution in [-0.4, -0.2) is 44.8 Å². The third-order valence-corrected chi connectivity index (χ3v) is 4.22. The molecule has 1 unspecified atom stereocenters. The lowest BCUT2D eigenvalue weighted by molar-refractivity contribution is -0.152. The molecule has 0 saturated carbocycles. The zero-order valence-electron chi connectivity index (χ0n) is 12.2. The molecule has 1 saturated heterocycles. The number of carboxylic acids is 1. The Labute approximate surface area is 118 Å². The van der Waals surface area contributed by atoms with Gasteiger partial charge in [-0.05, 0) is 32.3 Å². The monoisotopic (exact) mass is 279 g/mol. The third-order valence-electron chi connectivity index (χ3n) is 4.22. The van der Waals surface area contributed by atoms with Crippen LogP contribution in [-0.2, 0) is 11.8 Å². The first kappa shape index (κ1) is 14.6. The minimum absolute atomic E-state index is 0.133. The van der Waals surface area contributed by atoms with Crippen molar-refractivity contribution in [2.45, 2.75) is 33.1 Å². The van der Waals surface area contributed by atoms with Gasteiger partial charge >= 0.3 is 5.97 Å². The highest BCUT2D eigenvalue weighted by Gasteiger charge is 2.42. The van der Waals surface area contributed by atoms with Gasteiger partial charge in [0.1, 0.15) is 5.69 Å². The second-order valence-corrected chi connectivity index (χ2v) is 5.56. The number of nitrogens with zero attached hydrogens (tertiary/aromatic N) is 3. The maximum absolute atomic E-state index is 12.5. The first-order valence-electron chi connectivity index (χ1n) is 6.93. The fourth-order valence-corrected chi connectivity index (χ4v) is 2.89. The molecule has 1 N–H and O–H groups in total. The molecule has 1 fully saturated rings. The van der Waals surface area contributed by atoms with Crippen LogP contribution in [0.4, 0.5) is 0 Å². The van der Waals surface area contributed by atoms with Crippen molar-refractivity contribution in [1.82, 2.24) is 14.7 Å². The minimum atomic E-state index is -0.807. The molecule has 1 amide bonds. The Morgan fingerprint density at radius 2 is 2.20 bits per heavy atom. The standard InChI is InChI=1S/C14H21N3O3/c1-4-14(13(19)20)6-5-7-17(9-14)12(18)11-8-10(2)15-16(11)3/h8H,4-7,9H2,1-3H3,(H,19,20). The zero-order chi connectivity index (χ0) is 14.9. The quantitative estimate of drug-likeness (QED) is 0.908. The smallest absolute Gasteiger partial charge is 0.311 e. The lowest BCUT2D eigenvalue weighted by Crippen LogP contribution is -2.50. The van der Waals surface area contributed by atoms with Crippen LogP contribution >= 0.6 is 0 Å². The van der Waals surface area contributed by atoms with Crippen LogP contribution in [0.2, 0.25) is 0 Å². The van der Waals surface area contributed by atoms with Crippen molar-refractivity contribution in [1.29, 1.82) is 0 Å². The van der Waals surface area contributed by atoms with Gasteiger partial charge in [0.05, 0.1) is 11.1 Å². The SMILES string of the molecule is CCC1(C(=O)O)CCCN(C(=O)c2cc(C)nn2C)C1. The van der Waals surface area contributed by atoms with Gasteiger partial charge in [-0.2, -0.15) is 5.10 Å². The highest BCUT2D eigenvalue weighted by Crippen LogP contribution is 2.34. The van der Waals surface area contributed by atoms with Gasteiger partial charge in [0.15, 0.2) is 0 Å². The molecule has 110 valence electrons.